The fourth-order valence-corrected chi connectivity index (χ4v) is 1.94. The Bertz CT molecular complexity index is 237. The molecule has 1 saturated carbocycles. The summed E-state index contributed by atoms with van der Waals surface area (Å²) in [4.78, 5) is 0. The maximum absolute atomic E-state index is 10.5. The van der Waals surface area contributed by atoms with Crippen LogP contribution in [0.3, 0.4) is 0 Å². The smallest absolute Gasteiger partial charge is 0.208 e. The lowest BCUT2D eigenvalue weighted by atomic mass is 10.1. The van der Waals surface area contributed by atoms with Crippen LogP contribution in [0.25, 0.3) is 0 Å². The van der Waals surface area contributed by atoms with E-state index < -0.39 is 9.05 Å². The maximum atomic E-state index is 10.5. The molecule has 0 radical (unpaired) electrons. The van der Waals surface area contributed by atoms with E-state index in [0.29, 0.717) is 5.92 Å². The van der Waals surface area contributed by atoms with Gasteiger partial charge in [-0.3, -0.25) is 0 Å². The molecule has 0 aromatic carbocycles. The van der Waals surface area contributed by atoms with Crippen molar-refractivity contribution in [2.24, 2.45) is 5.92 Å². The summed E-state index contributed by atoms with van der Waals surface area (Å²) < 4.78 is 20.9. The first-order chi connectivity index (χ1) is 5.08. The fourth-order valence-electron chi connectivity index (χ4n) is 1.35. The van der Waals surface area contributed by atoms with E-state index in [4.69, 9.17) is 10.7 Å². The third-order valence-electron chi connectivity index (χ3n) is 1.91. The third kappa shape index (κ3) is 3.77. The van der Waals surface area contributed by atoms with Gasteiger partial charge in [-0.1, -0.05) is 18.9 Å². The van der Waals surface area contributed by atoms with E-state index in [1.54, 1.807) is 6.08 Å². The lowest BCUT2D eigenvalue weighted by Gasteiger charge is -1.97. The summed E-state index contributed by atoms with van der Waals surface area (Å²) in [6, 6.07) is 0. The molecule has 0 unspecified atom stereocenters. The first-order valence-corrected chi connectivity index (χ1v) is 6.08. The van der Waals surface area contributed by atoms with E-state index in [2.05, 4.69) is 0 Å². The number of allylic oxidation sites excluding steroid dienone is 1. The van der Waals surface area contributed by atoms with Gasteiger partial charge in [0.15, 0.2) is 0 Å². The third-order valence-corrected chi connectivity index (χ3v) is 2.70. The topological polar surface area (TPSA) is 34.1 Å². The molecule has 0 bridgehead atoms. The Hall–Kier alpha value is -0.0200. The molecule has 1 fully saturated rings. The summed E-state index contributed by atoms with van der Waals surface area (Å²) >= 11 is 0. The second-order valence-corrected chi connectivity index (χ2v) is 5.36. The molecule has 0 N–H and O–H groups in total. The molecule has 2 nitrogen and oxygen atoms in total. The first kappa shape index (κ1) is 9.07. The van der Waals surface area contributed by atoms with Crippen molar-refractivity contribution in [2.45, 2.75) is 25.7 Å². The zero-order valence-electron chi connectivity index (χ0n) is 6.16. The van der Waals surface area contributed by atoms with E-state index in [0.717, 1.165) is 18.2 Å². The van der Waals surface area contributed by atoms with Gasteiger partial charge in [-0.2, -0.15) is 0 Å². The number of halogens is 1. The van der Waals surface area contributed by atoms with Gasteiger partial charge in [0.1, 0.15) is 0 Å². The molecular weight excluding hydrogens is 184 g/mol. The molecule has 0 amide bonds. The lowest BCUT2D eigenvalue weighted by Crippen LogP contribution is -1.88. The standard InChI is InChI=1S/C7H11ClO2S/c8-11(9,10)6-5-7-3-1-2-4-7/h5-7H,1-4H2/b6-5-. The van der Waals surface area contributed by atoms with Crippen LogP contribution in [0.2, 0.25) is 0 Å². The normalized spacial score (nSPS) is 21.5. The Morgan fingerprint density at radius 2 is 1.82 bits per heavy atom. The minimum Gasteiger partial charge on any atom is -0.208 e. The van der Waals surface area contributed by atoms with Crippen LogP contribution >= 0.6 is 10.7 Å². The predicted molar refractivity (Wildman–Crippen MR) is 45.9 cm³/mol. The van der Waals surface area contributed by atoms with Crippen molar-refractivity contribution in [3.05, 3.63) is 11.5 Å². The van der Waals surface area contributed by atoms with Gasteiger partial charge in [0.05, 0.1) is 0 Å². The first-order valence-electron chi connectivity index (χ1n) is 3.71. The van der Waals surface area contributed by atoms with Gasteiger partial charge in [-0.05, 0) is 18.8 Å². The number of hydrogen-bond acceptors (Lipinski definition) is 2. The van der Waals surface area contributed by atoms with Crippen molar-refractivity contribution in [1.29, 1.82) is 0 Å². The van der Waals surface area contributed by atoms with Crippen LogP contribution in [0.15, 0.2) is 11.5 Å². The average Bonchev–Trinajstić information content (AvgIpc) is 2.32. The zero-order valence-corrected chi connectivity index (χ0v) is 7.74. The molecule has 1 aliphatic carbocycles. The molecule has 1 rings (SSSR count). The molecule has 11 heavy (non-hydrogen) atoms. The lowest BCUT2D eigenvalue weighted by molar-refractivity contribution is 0.616. The quantitative estimate of drug-likeness (QED) is 0.632. The number of hydrogen-bond donors (Lipinski definition) is 0. The SMILES string of the molecule is O=S(=O)(Cl)/C=C\C1CCCC1. The Kier molecular flexibility index (Phi) is 2.96. The molecule has 0 saturated heterocycles. The van der Waals surface area contributed by atoms with Gasteiger partial charge in [0.25, 0.3) is 9.05 Å². The maximum Gasteiger partial charge on any atom is 0.254 e. The van der Waals surface area contributed by atoms with Gasteiger partial charge in [0.2, 0.25) is 0 Å². The summed E-state index contributed by atoms with van der Waals surface area (Å²) in [6.45, 7) is 0. The van der Waals surface area contributed by atoms with E-state index in [1.807, 2.05) is 0 Å². The second kappa shape index (κ2) is 3.59. The van der Waals surface area contributed by atoms with Gasteiger partial charge < -0.3 is 0 Å². The van der Waals surface area contributed by atoms with Crippen molar-refractivity contribution >= 4 is 19.7 Å². The molecule has 64 valence electrons. The number of rotatable bonds is 2. The molecule has 0 aromatic heterocycles. The molecule has 0 aliphatic heterocycles. The van der Waals surface area contributed by atoms with Crippen LogP contribution in [-0.4, -0.2) is 8.42 Å². The molecule has 0 heterocycles. The molecule has 0 atom stereocenters. The van der Waals surface area contributed by atoms with Gasteiger partial charge in [-0.25, -0.2) is 8.42 Å². The monoisotopic (exact) mass is 194 g/mol. The van der Waals surface area contributed by atoms with Crippen molar-refractivity contribution in [1.82, 2.24) is 0 Å². The van der Waals surface area contributed by atoms with Crippen LogP contribution in [0.4, 0.5) is 0 Å². The Labute approximate surface area is 71.7 Å². The summed E-state index contributed by atoms with van der Waals surface area (Å²) in [5.74, 6) is 0.434. The summed E-state index contributed by atoms with van der Waals surface area (Å²) in [5.41, 5.74) is 0. The predicted octanol–water partition coefficient (Wildman–Crippen LogP) is 2.26. The van der Waals surface area contributed by atoms with Crippen LogP contribution in [-0.2, 0) is 9.05 Å². The molecule has 4 heteroatoms. The van der Waals surface area contributed by atoms with E-state index in [1.165, 1.54) is 12.8 Å². The highest BCUT2D eigenvalue weighted by Gasteiger charge is 2.12. The van der Waals surface area contributed by atoms with E-state index >= 15 is 0 Å². The van der Waals surface area contributed by atoms with Crippen LogP contribution in [0, 0.1) is 5.92 Å². The highest BCUT2D eigenvalue weighted by atomic mass is 35.7. The largest absolute Gasteiger partial charge is 0.254 e. The second-order valence-electron chi connectivity index (χ2n) is 2.85. The van der Waals surface area contributed by atoms with Crippen LogP contribution in [0.5, 0.6) is 0 Å². The average molecular weight is 195 g/mol. The van der Waals surface area contributed by atoms with Crippen molar-refractivity contribution < 1.29 is 8.42 Å². The molecular formula is C7H11ClO2S. The summed E-state index contributed by atoms with van der Waals surface area (Å²) in [5, 5.41) is 1.10. The zero-order chi connectivity index (χ0) is 8.32. The fraction of sp³-hybridized carbons (Fsp3) is 0.714. The minimum atomic E-state index is -3.42. The van der Waals surface area contributed by atoms with Crippen LogP contribution < -0.4 is 0 Å². The van der Waals surface area contributed by atoms with Crippen molar-refractivity contribution in [2.75, 3.05) is 0 Å². The highest BCUT2D eigenvalue weighted by molar-refractivity contribution is 8.16. The molecule has 0 aromatic rings. The Morgan fingerprint density at radius 1 is 1.27 bits per heavy atom. The van der Waals surface area contributed by atoms with Gasteiger partial charge in [0, 0.05) is 16.1 Å². The van der Waals surface area contributed by atoms with E-state index in [9.17, 15) is 8.42 Å². The minimum absolute atomic E-state index is 0.434. The van der Waals surface area contributed by atoms with Gasteiger partial charge in [-0.15, -0.1) is 0 Å². The summed E-state index contributed by atoms with van der Waals surface area (Å²) in [6.07, 6.45) is 6.32. The van der Waals surface area contributed by atoms with Gasteiger partial charge >= 0.3 is 0 Å². The molecule has 1 aliphatic rings. The Morgan fingerprint density at radius 3 is 2.27 bits per heavy atom. The van der Waals surface area contributed by atoms with Crippen LogP contribution in [0.1, 0.15) is 25.7 Å². The van der Waals surface area contributed by atoms with Crippen molar-refractivity contribution in [3.8, 4) is 0 Å². The molecule has 0 spiro atoms. The highest BCUT2D eigenvalue weighted by Crippen LogP contribution is 2.26. The van der Waals surface area contributed by atoms with E-state index in [-0.39, 0.29) is 0 Å². The Balaban J connectivity index is 2.47. The van der Waals surface area contributed by atoms with Crippen molar-refractivity contribution in [3.63, 3.8) is 0 Å². The summed E-state index contributed by atoms with van der Waals surface area (Å²) in [7, 11) is 1.58.